The zero-order valence-corrected chi connectivity index (χ0v) is 12.2. The van der Waals surface area contributed by atoms with Gasteiger partial charge >= 0.3 is 0 Å². The van der Waals surface area contributed by atoms with E-state index < -0.39 is 0 Å². The third-order valence-corrected chi connectivity index (χ3v) is 4.36. The second kappa shape index (κ2) is 5.80. The summed E-state index contributed by atoms with van der Waals surface area (Å²) in [5.41, 5.74) is 8.79. The van der Waals surface area contributed by atoms with Gasteiger partial charge in [0.25, 0.3) is 0 Å². The number of benzene rings is 1. The molecule has 0 amide bonds. The zero-order chi connectivity index (χ0) is 12.3. The summed E-state index contributed by atoms with van der Waals surface area (Å²) in [7, 11) is 0. The SMILES string of the molecule is Cc1ccc(CC(N)Cc2ccc(Br)s2)cc1. The van der Waals surface area contributed by atoms with Crippen LogP contribution in [0.2, 0.25) is 0 Å². The van der Waals surface area contributed by atoms with Crippen molar-refractivity contribution < 1.29 is 0 Å². The molecule has 2 aromatic rings. The van der Waals surface area contributed by atoms with E-state index in [2.05, 4.69) is 59.3 Å². The van der Waals surface area contributed by atoms with Crippen molar-refractivity contribution in [1.29, 1.82) is 0 Å². The van der Waals surface area contributed by atoms with Gasteiger partial charge in [-0.15, -0.1) is 11.3 Å². The Morgan fingerprint density at radius 3 is 2.41 bits per heavy atom. The van der Waals surface area contributed by atoms with E-state index in [1.807, 2.05) is 0 Å². The van der Waals surface area contributed by atoms with Crippen molar-refractivity contribution in [3.05, 3.63) is 56.2 Å². The smallest absolute Gasteiger partial charge is 0.0701 e. The number of rotatable bonds is 4. The summed E-state index contributed by atoms with van der Waals surface area (Å²) in [6, 6.07) is 13.0. The number of hydrogen-bond acceptors (Lipinski definition) is 2. The van der Waals surface area contributed by atoms with E-state index >= 15 is 0 Å². The van der Waals surface area contributed by atoms with Crippen LogP contribution in [-0.2, 0) is 12.8 Å². The molecule has 17 heavy (non-hydrogen) atoms. The molecule has 0 aliphatic rings. The third-order valence-electron chi connectivity index (χ3n) is 2.71. The van der Waals surface area contributed by atoms with Gasteiger partial charge in [-0.05, 0) is 53.4 Å². The Morgan fingerprint density at radius 1 is 1.12 bits per heavy atom. The Balaban J connectivity index is 1.93. The molecular formula is C14H16BrNS. The van der Waals surface area contributed by atoms with E-state index in [1.165, 1.54) is 19.8 Å². The number of hydrogen-bond donors (Lipinski definition) is 1. The normalized spacial score (nSPS) is 12.6. The predicted molar refractivity (Wildman–Crippen MR) is 78.6 cm³/mol. The maximum atomic E-state index is 6.18. The Bertz CT molecular complexity index is 475. The molecule has 0 spiro atoms. The van der Waals surface area contributed by atoms with Crippen molar-refractivity contribution >= 4 is 27.3 Å². The monoisotopic (exact) mass is 309 g/mol. The van der Waals surface area contributed by atoms with Gasteiger partial charge in [-0.1, -0.05) is 29.8 Å². The predicted octanol–water partition coefficient (Wildman–Crippen LogP) is 3.93. The second-order valence-corrected chi connectivity index (χ2v) is 6.91. The molecule has 0 saturated carbocycles. The Kier molecular flexibility index (Phi) is 4.37. The van der Waals surface area contributed by atoms with Crippen LogP contribution in [0.25, 0.3) is 0 Å². The lowest BCUT2D eigenvalue weighted by molar-refractivity contribution is 0.671. The lowest BCUT2D eigenvalue weighted by atomic mass is 10.0. The van der Waals surface area contributed by atoms with Crippen LogP contribution in [0.3, 0.4) is 0 Å². The molecule has 90 valence electrons. The molecule has 0 saturated heterocycles. The highest BCUT2D eigenvalue weighted by Gasteiger charge is 2.07. The maximum Gasteiger partial charge on any atom is 0.0701 e. The number of thiophene rings is 1. The molecule has 1 aromatic carbocycles. The number of halogens is 1. The Morgan fingerprint density at radius 2 is 1.82 bits per heavy atom. The summed E-state index contributed by atoms with van der Waals surface area (Å²) in [6.45, 7) is 2.10. The fraction of sp³-hybridized carbons (Fsp3) is 0.286. The zero-order valence-electron chi connectivity index (χ0n) is 9.82. The quantitative estimate of drug-likeness (QED) is 0.910. The minimum atomic E-state index is 0.197. The molecule has 1 aromatic heterocycles. The van der Waals surface area contributed by atoms with Gasteiger partial charge in [0.1, 0.15) is 0 Å². The highest BCUT2D eigenvalue weighted by Crippen LogP contribution is 2.23. The Labute approximate surface area is 115 Å². The molecule has 1 heterocycles. The third kappa shape index (κ3) is 3.95. The molecule has 1 atom stereocenters. The van der Waals surface area contributed by atoms with Gasteiger partial charge in [0.15, 0.2) is 0 Å². The maximum absolute atomic E-state index is 6.18. The van der Waals surface area contributed by atoms with Crippen LogP contribution in [-0.4, -0.2) is 6.04 Å². The van der Waals surface area contributed by atoms with E-state index in [9.17, 15) is 0 Å². The summed E-state index contributed by atoms with van der Waals surface area (Å²) in [5, 5.41) is 0. The van der Waals surface area contributed by atoms with Crippen molar-refractivity contribution in [3.63, 3.8) is 0 Å². The van der Waals surface area contributed by atoms with Crippen molar-refractivity contribution in [2.75, 3.05) is 0 Å². The van der Waals surface area contributed by atoms with Gasteiger partial charge in [0, 0.05) is 10.9 Å². The topological polar surface area (TPSA) is 26.0 Å². The standard InChI is InChI=1S/C14H16BrNS/c1-10-2-4-11(5-3-10)8-12(16)9-13-6-7-14(15)17-13/h2-7,12H,8-9,16H2,1H3. The van der Waals surface area contributed by atoms with E-state index in [1.54, 1.807) is 11.3 Å². The number of nitrogens with two attached hydrogens (primary N) is 1. The van der Waals surface area contributed by atoms with Crippen molar-refractivity contribution in [2.45, 2.75) is 25.8 Å². The molecule has 1 nitrogen and oxygen atoms in total. The largest absolute Gasteiger partial charge is 0.327 e. The fourth-order valence-electron chi connectivity index (χ4n) is 1.82. The van der Waals surface area contributed by atoms with Gasteiger partial charge in [0.2, 0.25) is 0 Å². The molecular weight excluding hydrogens is 294 g/mol. The van der Waals surface area contributed by atoms with Crippen LogP contribution in [0.1, 0.15) is 16.0 Å². The number of aryl methyl sites for hydroxylation is 1. The first kappa shape index (κ1) is 12.8. The fourth-order valence-corrected chi connectivity index (χ4v) is 3.39. The van der Waals surface area contributed by atoms with E-state index in [4.69, 9.17) is 5.73 Å². The van der Waals surface area contributed by atoms with Crippen LogP contribution in [0.5, 0.6) is 0 Å². The summed E-state index contributed by atoms with van der Waals surface area (Å²) in [6.07, 6.45) is 1.89. The van der Waals surface area contributed by atoms with Gasteiger partial charge in [-0.3, -0.25) is 0 Å². The molecule has 0 radical (unpaired) electrons. The highest BCUT2D eigenvalue weighted by atomic mass is 79.9. The first-order valence-electron chi connectivity index (χ1n) is 5.69. The second-order valence-electron chi connectivity index (χ2n) is 4.36. The molecule has 0 bridgehead atoms. The molecule has 2 rings (SSSR count). The van der Waals surface area contributed by atoms with Gasteiger partial charge in [-0.25, -0.2) is 0 Å². The van der Waals surface area contributed by atoms with Gasteiger partial charge in [-0.2, -0.15) is 0 Å². The van der Waals surface area contributed by atoms with Crippen LogP contribution >= 0.6 is 27.3 Å². The van der Waals surface area contributed by atoms with E-state index in [-0.39, 0.29) is 6.04 Å². The average Bonchev–Trinajstić information content (AvgIpc) is 2.67. The Hall–Kier alpha value is -0.640. The van der Waals surface area contributed by atoms with Crippen LogP contribution < -0.4 is 5.73 Å². The minimum Gasteiger partial charge on any atom is -0.327 e. The summed E-state index contributed by atoms with van der Waals surface area (Å²) < 4.78 is 1.18. The highest BCUT2D eigenvalue weighted by molar-refractivity contribution is 9.11. The molecule has 1 unspecified atom stereocenters. The van der Waals surface area contributed by atoms with E-state index in [0.29, 0.717) is 0 Å². The van der Waals surface area contributed by atoms with Crippen molar-refractivity contribution in [2.24, 2.45) is 5.73 Å². The van der Waals surface area contributed by atoms with Crippen molar-refractivity contribution in [1.82, 2.24) is 0 Å². The van der Waals surface area contributed by atoms with Crippen molar-refractivity contribution in [3.8, 4) is 0 Å². The van der Waals surface area contributed by atoms with Crippen LogP contribution in [0.4, 0.5) is 0 Å². The molecule has 3 heteroatoms. The lowest BCUT2D eigenvalue weighted by Gasteiger charge is -2.10. The van der Waals surface area contributed by atoms with Crippen LogP contribution in [0.15, 0.2) is 40.2 Å². The van der Waals surface area contributed by atoms with Crippen LogP contribution in [0, 0.1) is 6.92 Å². The molecule has 2 N–H and O–H groups in total. The summed E-state index contributed by atoms with van der Waals surface area (Å²) >= 11 is 5.24. The van der Waals surface area contributed by atoms with E-state index in [0.717, 1.165) is 12.8 Å². The average molecular weight is 310 g/mol. The molecule has 0 aliphatic carbocycles. The molecule has 0 aliphatic heterocycles. The van der Waals surface area contributed by atoms with Gasteiger partial charge in [0.05, 0.1) is 3.79 Å². The molecule has 0 fully saturated rings. The first-order valence-corrected chi connectivity index (χ1v) is 7.30. The first-order chi connectivity index (χ1) is 8.13. The minimum absolute atomic E-state index is 0.197. The van der Waals surface area contributed by atoms with Gasteiger partial charge < -0.3 is 5.73 Å². The lowest BCUT2D eigenvalue weighted by Crippen LogP contribution is -2.25. The summed E-state index contributed by atoms with van der Waals surface area (Å²) in [4.78, 5) is 1.34. The summed E-state index contributed by atoms with van der Waals surface area (Å²) in [5.74, 6) is 0.